The molecule has 2 N–H and O–H groups in total. The van der Waals surface area contributed by atoms with E-state index in [1.54, 1.807) is 6.92 Å². The van der Waals surface area contributed by atoms with Crippen molar-refractivity contribution in [1.82, 2.24) is 0 Å². The highest BCUT2D eigenvalue weighted by molar-refractivity contribution is 7.73. The Labute approximate surface area is 112 Å². The third kappa shape index (κ3) is 14.4. The van der Waals surface area contributed by atoms with Crippen molar-refractivity contribution in [2.24, 2.45) is 0 Å². The average Bonchev–Trinajstić information content (AvgIpc) is 2.27. The summed E-state index contributed by atoms with van der Waals surface area (Å²) in [6.07, 6.45) is 1.11. The second-order valence-electron chi connectivity index (χ2n) is 2.90. The lowest BCUT2D eigenvalue weighted by molar-refractivity contribution is -0.198. The maximum Gasteiger partial charge on any atom is 0.333 e. The Bertz CT molecular complexity index is 345. The van der Waals surface area contributed by atoms with Crippen LogP contribution in [0.1, 0.15) is 13.8 Å². The van der Waals surface area contributed by atoms with Gasteiger partial charge in [-0.05, 0) is 13.8 Å². The number of esters is 2. The minimum Gasteiger partial charge on any atom is -0.750 e. The highest BCUT2D eigenvalue weighted by Crippen LogP contribution is 2.03. The molecule has 0 saturated carbocycles. The summed E-state index contributed by atoms with van der Waals surface area (Å²) in [7, 11) is 0. The second-order valence-corrected chi connectivity index (χ2v) is 3.34. The molecule has 0 aliphatic heterocycles. The number of allylic oxidation sites excluding steroid dienone is 1. The van der Waals surface area contributed by atoms with E-state index in [1.165, 1.54) is 13.0 Å². The van der Waals surface area contributed by atoms with Crippen molar-refractivity contribution in [3.8, 4) is 0 Å². The Morgan fingerprint density at radius 1 is 1.37 bits per heavy atom. The number of aliphatic hydroxyl groups excluding tert-OH is 1. The summed E-state index contributed by atoms with van der Waals surface area (Å²) >= 11 is -2.86. The molecule has 0 aliphatic rings. The van der Waals surface area contributed by atoms with Crippen molar-refractivity contribution in [2.75, 3.05) is 0 Å². The van der Waals surface area contributed by atoms with E-state index in [1.807, 2.05) is 0 Å². The molecule has 0 aromatic rings. The van der Waals surface area contributed by atoms with Gasteiger partial charge in [0.05, 0.1) is 11.4 Å². The van der Waals surface area contributed by atoms with Gasteiger partial charge in [-0.2, -0.15) is 0 Å². The zero-order valence-corrected chi connectivity index (χ0v) is 11.2. The number of aliphatic hydroxyl groups is 1. The molecule has 0 amide bonds. The lowest BCUT2D eigenvalue weighted by Gasteiger charge is -2.18. The molecular formula is C10H15O8S-. The summed E-state index contributed by atoms with van der Waals surface area (Å²) < 4.78 is 33.3. The quantitative estimate of drug-likeness (QED) is 0.310. The van der Waals surface area contributed by atoms with Crippen LogP contribution >= 0.6 is 0 Å². The molecule has 0 aromatic heterocycles. The van der Waals surface area contributed by atoms with Gasteiger partial charge in [0.2, 0.25) is 0 Å². The lowest BCUT2D eigenvalue weighted by Crippen LogP contribution is -2.33. The SMILES string of the molecule is C=CC(=O)OC(OC(=O)C=CC)C(C)O.O=S([O-])O. The summed E-state index contributed by atoms with van der Waals surface area (Å²) in [6, 6.07) is 0. The Hall–Kier alpha value is -1.55. The highest BCUT2D eigenvalue weighted by Gasteiger charge is 2.21. The summed E-state index contributed by atoms with van der Waals surface area (Å²) in [4.78, 5) is 21.8. The fourth-order valence-electron chi connectivity index (χ4n) is 0.673. The van der Waals surface area contributed by atoms with Gasteiger partial charge < -0.3 is 23.7 Å². The van der Waals surface area contributed by atoms with Gasteiger partial charge in [-0.3, -0.25) is 0 Å². The lowest BCUT2D eigenvalue weighted by atomic mass is 10.4. The van der Waals surface area contributed by atoms with Gasteiger partial charge in [-0.25, -0.2) is 13.8 Å². The van der Waals surface area contributed by atoms with Crippen LogP contribution < -0.4 is 0 Å². The van der Waals surface area contributed by atoms with Crippen LogP contribution in [0.4, 0.5) is 0 Å². The third-order valence-electron chi connectivity index (χ3n) is 1.33. The zero-order valence-electron chi connectivity index (χ0n) is 10.3. The first-order valence-corrected chi connectivity index (χ1v) is 5.90. The van der Waals surface area contributed by atoms with Gasteiger partial charge >= 0.3 is 11.9 Å². The van der Waals surface area contributed by atoms with Crippen molar-refractivity contribution in [3.63, 3.8) is 0 Å². The highest BCUT2D eigenvalue weighted by atomic mass is 32.2. The van der Waals surface area contributed by atoms with Crippen LogP contribution in [0, 0.1) is 0 Å². The predicted octanol–water partition coefficient (Wildman–Crippen LogP) is -0.120. The summed E-state index contributed by atoms with van der Waals surface area (Å²) in [5.41, 5.74) is 0. The van der Waals surface area contributed by atoms with Crippen LogP contribution in [0.15, 0.2) is 24.8 Å². The van der Waals surface area contributed by atoms with Crippen LogP contribution in [0.3, 0.4) is 0 Å². The van der Waals surface area contributed by atoms with Crippen LogP contribution in [0.2, 0.25) is 0 Å². The van der Waals surface area contributed by atoms with E-state index in [9.17, 15) is 9.59 Å². The smallest absolute Gasteiger partial charge is 0.333 e. The second kappa shape index (κ2) is 11.5. The number of carbonyl (C=O) groups is 2. The monoisotopic (exact) mass is 295 g/mol. The molecular weight excluding hydrogens is 280 g/mol. The predicted molar refractivity (Wildman–Crippen MR) is 64.2 cm³/mol. The van der Waals surface area contributed by atoms with Crippen LogP contribution in [0.25, 0.3) is 0 Å². The topological polar surface area (TPSA) is 133 Å². The molecule has 3 unspecified atom stereocenters. The van der Waals surface area contributed by atoms with Gasteiger partial charge in [0.15, 0.2) is 0 Å². The molecule has 0 heterocycles. The fourth-order valence-corrected chi connectivity index (χ4v) is 0.673. The van der Waals surface area contributed by atoms with Crippen molar-refractivity contribution >= 4 is 23.3 Å². The Kier molecular flexibility index (Phi) is 12.0. The van der Waals surface area contributed by atoms with Crippen LogP contribution in [-0.2, 0) is 30.4 Å². The van der Waals surface area contributed by atoms with Gasteiger partial charge in [0.25, 0.3) is 6.29 Å². The van der Waals surface area contributed by atoms with E-state index < -0.39 is 35.7 Å². The van der Waals surface area contributed by atoms with Crippen LogP contribution in [0.5, 0.6) is 0 Å². The fraction of sp³-hybridized carbons (Fsp3) is 0.400. The molecule has 0 aliphatic carbocycles. The van der Waals surface area contributed by atoms with Gasteiger partial charge in [0.1, 0.15) is 6.10 Å². The number of hydrogen-bond acceptors (Lipinski definition) is 7. The molecule has 0 aromatic carbocycles. The number of carbonyl (C=O) groups excluding carboxylic acids is 2. The molecule has 9 heteroatoms. The van der Waals surface area contributed by atoms with Crippen molar-refractivity contribution in [1.29, 1.82) is 0 Å². The number of rotatable bonds is 5. The molecule has 19 heavy (non-hydrogen) atoms. The molecule has 0 saturated heterocycles. The maximum absolute atomic E-state index is 11.0. The molecule has 0 rings (SSSR count). The van der Waals surface area contributed by atoms with Gasteiger partial charge in [-0.15, -0.1) is 0 Å². The van der Waals surface area contributed by atoms with Crippen molar-refractivity contribution in [3.05, 3.63) is 24.8 Å². The minimum absolute atomic E-state index is 0.694. The third-order valence-corrected chi connectivity index (χ3v) is 1.33. The Morgan fingerprint density at radius 3 is 2.11 bits per heavy atom. The standard InChI is InChI=1S/C10H14O5.H2O3S/c1-4-6-9(13)15-10(7(3)11)14-8(12)5-2;1-4(2)3/h4-7,10-11H,2H2,1,3H3;(H2,1,2,3)/p-1. The van der Waals surface area contributed by atoms with Crippen molar-refractivity contribution in [2.45, 2.75) is 26.2 Å². The first-order chi connectivity index (χ1) is 8.74. The molecule has 110 valence electrons. The molecule has 3 atom stereocenters. The molecule has 0 spiro atoms. The maximum atomic E-state index is 11.0. The Balaban J connectivity index is 0. The summed E-state index contributed by atoms with van der Waals surface area (Å²) in [6.45, 7) is 6.15. The van der Waals surface area contributed by atoms with E-state index in [2.05, 4.69) is 16.1 Å². The van der Waals surface area contributed by atoms with E-state index >= 15 is 0 Å². The first kappa shape index (κ1) is 19.8. The van der Waals surface area contributed by atoms with E-state index in [0.29, 0.717) is 0 Å². The molecule has 0 radical (unpaired) electrons. The van der Waals surface area contributed by atoms with E-state index in [0.717, 1.165) is 12.2 Å². The van der Waals surface area contributed by atoms with Crippen molar-refractivity contribution < 1.29 is 37.5 Å². The minimum atomic E-state index is -2.86. The summed E-state index contributed by atoms with van der Waals surface area (Å²) in [5.74, 6) is -1.46. The zero-order chi connectivity index (χ0) is 15.4. The largest absolute Gasteiger partial charge is 0.750 e. The first-order valence-electron chi connectivity index (χ1n) is 4.87. The molecule has 0 fully saturated rings. The van der Waals surface area contributed by atoms with E-state index in [4.69, 9.17) is 18.4 Å². The van der Waals surface area contributed by atoms with Gasteiger partial charge in [-0.1, -0.05) is 12.7 Å². The average molecular weight is 295 g/mol. The number of hydrogen-bond donors (Lipinski definition) is 2. The molecule has 8 nitrogen and oxygen atoms in total. The molecule has 0 bridgehead atoms. The Morgan fingerprint density at radius 2 is 1.79 bits per heavy atom. The van der Waals surface area contributed by atoms with Crippen LogP contribution in [-0.4, -0.2) is 42.8 Å². The van der Waals surface area contributed by atoms with E-state index in [-0.39, 0.29) is 0 Å². The normalized spacial score (nSPS) is 14.6. The number of ether oxygens (including phenoxy) is 2. The van der Waals surface area contributed by atoms with Gasteiger partial charge in [0, 0.05) is 12.2 Å². The summed E-state index contributed by atoms with van der Waals surface area (Å²) in [5, 5.41) is 9.16.